The van der Waals surface area contributed by atoms with Crippen molar-refractivity contribution >= 4 is 37.3 Å². The third-order valence-corrected chi connectivity index (χ3v) is 5.64. The van der Waals surface area contributed by atoms with E-state index in [2.05, 4.69) is 20.7 Å². The second kappa shape index (κ2) is 6.04. The molecule has 102 valence electrons. The molecule has 1 aromatic carbocycles. The normalized spacial score (nSPS) is 11.6. The predicted octanol–water partition coefficient (Wildman–Crippen LogP) is 2.74. The number of aromatic hydroxyl groups is 1. The van der Waals surface area contributed by atoms with Gasteiger partial charge in [0.15, 0.2) is 0 Å². The summed E-state index contributed by atoms with van der Waals surface area (Å²) in [5.41, 5.74) is 0. The number of halogens is 1. The maximum absolute atomic E-state index is 12.0. The molecule has 2 N–H and O–H groups in total. The van der Waals surface area contributed by atoms with Gasteiger partial charge in [0, 0.05) is 11.4 Å². The summed E-state index contributed by atoms with van der Waals surface area (Å²) in [6.45, 7) is 0.295. The molecule has 0 atom stereocenters. The monoisotopic (exact) mass is 361 g/mol. The molecule has 0 radical (unpaired) electrons. The van der Waals surface area contributed by atoms with E-state index < -0.39 is 10.0 Å². The van der Waals surface area contributed by atoms with Crippen LogP contribution >= 0.6 is 27.3 Å². The topological polar surface area (TPSA) is 66.4 Å². The zero-order valence-corrected chi connectivity index (χ0v) is 13.1. The molecule has 7 heteroatoms. The molecule has 1 aromatic heterocycles. The molecule has 0 aliphatic heterocycles. The Kier molecular flexibility index (Phi) is 4.62. The van der Waals surface area contributed by atoms with Crippen LogP contribution < -0.4 is 4.72 Å². The Morgan fingerprint density at radius 2 is 1.95 bits per heavy atom. The zero-order chi connectivity index (χ0) is 13.9. The number of hydrogen-bond donors (Lipinski definition) is 2. The van der Waals surface area contributed by atoms with Crippen molar-refractivity contribution in [3.8, 4) is 5.75 Å². The van der Waals surface area contributed by atoms with Crippen molar-refractivity contribution < 1.29 is 13.5 Å². The number of phenolic OH excluding ortho intramolecular Hbond substituents is 1. The van der Waals surface area contributed by atoms with E-state index in [0.717, 1.165) is 8.66 Å². The molecule has 0 spiro atoms. The summed E-state index contributed by atoms with van der Waals surface area (Å²) >= 11 is 4.93. The average molecular weight is 362 g/mol. The molecule has 1 heterocycles. The van der Waals surface area contributed by atoms with E-state index in [4.69, 9.17) is 0 Å². The van der Waals surface area contributed by atoms with E-state index in [1.807, 2.05) is 12.1 Å². The van der Waals surface area contributed by atoms with E-state index in [0.29, 0.717) is 13.0 Å². The fourth-order valence-electron chi connectivity index (χ4n) is 1.56. The highest BCUT2D eigenvalue weighted by Gasteiger charge is 2.17. The van der Waals surface area contributed by atoms with E-state index in [1.165, 1.54) is 12.1 Å². The molecule has 0 saturated carbocycles. The van der Waals surface area contributed by atoms with E-state index >= 15 is 0 Å². The number of phenols is 1. The Morgan fingerprint density at radius 1 is 1.21 bits per heavy atom. The van der Waals surface area contributed by atoms with Crippen LogP contribution in [0.5, 0.6) is 5.75 Å². The third kappa shape index (κ3) is 3.79. The minimum atomic E-state index is -3.66. The summed E-state index contributed by atoms with van der Waals surface area (Å²) in [6.07, 6.45) is 0.614. The fourth-order valence-corrected chi connectivity index (χ4v) is 4.17. The fraction of sp³-hybridized carbons (Fsp3) is 0.167. The zero-order valence-electron chi connectivity index (χ0n) is 9.84. The van der Waals surface area contributed by atoms with Crippen LogP contribution in [0.2, 0.25) is 0 Å². The Morgan fingerprint density at radius 3 is 2.58 bits per heavy atom. The van der Waals surface area contributed by atoms with Crippen molar-refractivity contribution in [1.29, 1.82) is 0 Å². The first-order chi connectivity index (χ1) is 8.99. The third-order valence-electron chi connectivity index (χ3n) is 2.45. The lowest BCUT2D eigenvalue weighted by Gasteiger charge is -2.07. The van der Waals surface area contributed by atoms with Gasteiger partial charge < -0.3 is 5.11 Å². The lowest BCUT2D eigenvalue weighted by atomic mass is 10.3. The molecule has 19 heavy (non-hydrogen) atoms. The molecule has 2 rings (SSSR count). The van der Waals surface area contributed by atoms with Gasteiger partial charge in [0.2, 0.25) is 10.0 Å². The van der Waals surface area contributed by atoms with Crippen LogP contribution in [0, 0.1) is 0 Å². The smallest absolute Gasteiger partial charge is 0.244 e. The molecule has 4 nitrogen and oxygen atoms in total. The van der Waals surface area contributed by atoms with Gasteiger partial charge in [0.25, 0.3) is 0 Å². The second-order valence-electron chi connectivity index (χ2n) is 3.82. The molecule has 0 aliphatic carbocycles. The van der Waals surface area contributed by atoms with Crippen molar-refractivity contribution in [2.75, 3.05) is 6.54 Å². The van der Waals surface area contributed by atoms with Gasteiger partial charge in [0.1, 0.15) is 10.6 Å². The van der Waals surface area contributed by atoms with Crippen molar-refractivity contribution in [3.05, 3.63) is 45.1 Å². The Balaban J connectivity index is 2.01. The first-order valence-electron chi connectivity index (χ1n) is 5.51. The van der Waals surface area contributed by atoms with Crippen LogP contribution in [0.4, 0.5) is 0 Å². The number of benzene rings is 1. The van der Waals surface area contributed by atoms with Crippen LogP contribution in [0.1, 0.15) is 4.88 Å². The Bertz CT molecular complexity index is 667. The summed E-state index contributed by atoms with van der Waals surface area (Å²) in [5, 5.41) is 9.54. The van der Waals surface area contributed by atoms with E-state index in [9.17, 15) is 13.5 Å². The lowest BCUT2D eigenvalue weighted by molar-refractivity contribution is 0.458. The summed E-state index contributed by atoms with van der Waals surface area (Å²) in [6, 6.07) is 9.76. The largest absolute Gasteiger partial charge is 0.507 e. The van der Waals surface area contributed by atoms with Gasteiger partial charge in [-0.2, -0.15) is 0 Å². The number of nitrogens with one attached hydrogen (secondary N) is 1. The molecule has 0 amide bonds. The average Bonchev–Trinajstić information content (AvgIpc) is 2.75. The van der Waals surface area contributed by atoms with Crippen molar-refractivity contribution in [3.63, 3.8) is 0 Å². The van der Waals surface area contributed by atoms with E-state index in [1.54, 1.807) is 23.5 Å². The van der Waals surface area contributed by atoms with Crippen molar-refractivity contribution in [1.82, 2.24) is 4.72 Å². The number of para-hydroxylation sites is 1. The predicted molar refractivity (Wildman–Crippen MR) is 79.0 cm³/mol. The van der Waals surface area contributed by atoms with Crippen LogP contribution in [-0.4, -0.2) is 20.1 Å². The van der Waals surface area contributed by atoms with Crippen LogP contribution in [-0.2, 0) is 16.4 Å². The first-order valence-corrected chi connectivity index (χ1v) is 8.60. The van der Waals surface area contributed by atoms with Gasteiger partial charge in [-0.25, -0.2) is 13.1 Å². The molecular weight excluding hydrogens is 350 g/mol. The standard InChI is InChI=1S/C12H12BrNO3S2/c13-12-6-5-9(18-12)7-8-14-19(16,17)11-4-2-1-3-10(11)15/h1-6,14-15H,7-8H2. The molecular formula is C12H12BrNO3S2. The van der Waals surface area contributed by atoms with Crippen LogP contribution in [0.3, 0.4) is 0 Å². The first kappa shape index (κ1) is 14.5. The molecule has 0 aliphatic rings. The SMILES string of the molecule is O=S(=O)(NCCc1ccc(Br)s1)c1ccccc1O. The number of thiophene rings is 1. The Labute approximate surface area is 124 Å². The minimum absolute atomic E-state index is 0.0950. The highest BCUT2D eigenvalue weighted by Crippen LogP contribution is 2.23. The Hall–Kier alpha value is -0.890. The van der Waals surface area contributed by atoms with Gasteiger partial charge in [0.05, 0.1) is 3.79 Å². The highest BCUT2D eigenvalue weighted by molar-refractivity contribution is 9.11. The van der Waals surface area contributed by atoms with E-state index in [-0.39, 0.29) is 10.6 Å². The van der Waals surface area contributed by atoms with Gasteiger partial charge in [-0.05, 0) is 46.6 Å². The highest BCUT2D eigenvalue weighted by atomic mass is 79.9. The minimum Gasteiger partial charge on any atom is -0.507 e. The molecule has 2 aromatic rings. The summed E-state index contributed by atoms with van der Waals surface area (Å²) in [4.78, 5) is 0.995. The van der Waals surface area contributed by atoms with Crippen LogP contribution in [0.15, 0.2) is 45.1 Å². The number of hydrogen-bond acceptors (Lipinski definition) is 4. The quantitative estimate of drug-likeness (QED) is 0.860. The molecule has 0 unspecified atom stereocenters. The van der Waals surface area contributed by atoms with Gasteiger partial charge >= 0.3 is 0 Å². The van der Waals surface area contributed by atoms with Crippen molar-refractivity contribution in [2.45, 2.75) is 11.3 Å². The maximum Gasteiger partial charge on any atom is 0.244 e. The molecule has 0 bridgehead atoms. The lowest BCUT2D eigenvalue weighted by Crippen LogP contribution is -2.25. The number of sulfonamides is 1. The van der Waals surface area contributed by atoms with Gasteiger partial charge in [-0.1, -0.05) is 12.1 Å². The van der Waals surface area contributed by atoms with Crippen molar-refractivity contribution in [2.24, 2.45) is 0 Å². The second-order valence-corrected chi connectivity index (χ2v) is 8.10. The molecule has 0 fully saturated rings. The molecule has 0 saturated heterocycles. The number of rotatable bonds is 5. The van der Waals surface area contributed by atoms with Gasteiger partial charge in [-0.15, -0.1) is 11.3 Å². The van der Waals surface area contributed by atoms with Gasteiger partial charge in [-0.3, -0.25) is 0 Å². The van der Waals surface area contributed by atoms with Crippen LogP contribution in [0.25, 0.3) is 0 Å². The maximum atomic E-state index is 12.0. The summed E-state index contributed by atoms with van der Waals surface area (Å²) in [7, 11) is -3.66. The summed E-state index contributed by atoms with van der Waals surface area (Å²) in [5.74, 6) is -0.242. The summed E-state index contributed by atoms with van der Waals surface area (Å²) < 4.78 is 27.4.